The molecule has 0 aromatic heterocycles. The van der Waals surface area contributed by atoms with Crippen LogP contribution in [0.3, 0.4) is 0 Å². The third-order valence-corrected chi connectivity index (χ3v) is 4.78. The summed E-state index contributed by atoms with van der Waals surface area (Å²) in [6, 6.07) is 1.84. The fraction of sp³-hybridized carbons (Fsp3) is 1.00. The lowest BCUT2D eigenvalue weighted by molar-refractivity contribution is -1.03. The van der Waals surface area contributed by atoms with Gasteiger partial charge in [-0.2, -0.15) is 0 Å². The van der Waals surface area contributed by atoms with E-state index in [1.807, 2.05) is 9.80 Å². The summed E-state index contributed by atoms with van der Waals surface area (Å²) in [6.45, 7) is 10.4. The molecule has 0 aromatic rings. The van der Waals surface area contributed by atoms with Crippen molar-refractivity contribution < 1.29 is 9.80 Å². The second-order valence-corrected chi connectivity index (χ2v) is 6.16. The molecular formula is C14H30N2+2. The molecule has 2 N–H and O–H groups in total. The van der Waals surface area contributed by atoms with Crippen molar-refractivity contribution in [1.82, 2.24) is 0 Å². The smallest absolute Gasteiger partial charge is 0.127 e. The van der Waals surface area contributed by atoms with Crippen LogP contribution in [0.1, 0.15) is 52.4 Å². The highest BCUT2D eigenvalue weighted by Gasteiger charge is 2.30. The van der Waals surface area contributed by atoms with E-state index in [4.69, 9.17) is 0 Å². The van der Waals surface area contributed by atoms with Gasteiger partial charge >= 0.3 is 0 Å². The topological polar surface area (TPSA) is 8.88 Å². The number of hydrogen-bond acceptors (Lipinski definition) is 0. The highest BCUT2D eigenvalue weighted by molar-refractivity contribution is 4.63. The number of quaternary nitrogens is 2. The Bertz CT molecular complexity index is 187. The Labute approximate surface area is 101 Å². The minimum absolute atomic E-state index is 0.829. The van der Waals surface area contributed by atoms with Gasteiger partial charge in [-0.25, -0.2) is 0 Å². The molecule has 2 heteroatoms. The summed E-state index contributed by atoms with van der Waals surface area (Å²) in [4.78, 5) is 3.77. The molecule has 0 aromatic carbocycles. The summed E-state index contributed by atoms with van der Waals surface area (Å²) in [5.74, 6) is 0. The first kappa shape index (κ1) is 12.4. The molecule has 1 aliphatic heterocycles. The van der Waals surface area contributed by atoms with Gasteiger partial charge in [0.05, 0.1) is 12.1 Å². The van der Waals surface area contributed by atoms with E-state index in [0.29, 0.717) is 0 Å². The number of piperazine rings is 1. The van der Waals surface area contributed by atoms with E-state index >= 15 is 0 Å². The molecule has 1 heterocycles. The van der Waals surface area contributed by atoms with Gasteiger partial charge in [0.1, 0.15) is 26.2 Å². The van der Waals surface area contributed by atoms with Gasteiger partial charge in [0.15, 0.2) is 0 Å². The van der Waals surface area contributed by atoms with Crippen molar-refractivity contribution in [2.75, 3.05) is 26.2 Å². The lowest BCUT2D eigenvalue weighted by Crippen LogP contribution is -3.30. The normalized spacial score (nSPS) is 33.9. The zero-order valence-electron chi connectivity index (χ0n) is 11.2. The van der Waals surface area contributed by atoms with Crippen molar-refractivity contribution in [3.63, 3.8) is 0 Å². The molecule has 2 nitrogen and oxygen atoms in total. The Hall–Kier alpha value is -0.0800. The van der Waals surface area contributed by atoms with Crippen LogP contribution in [0.25, 0.3) is 0 Å². The second kappa shape index (κ2) is 6.02. The molecule has 0 spiro atoms. The van der Waals surface area contributed by atoms with Gasteiger partial charge in [-0.1, -0.05) is 12.8 Å². The highest BCUT2D eigenvalue weighted by Crippen LogP contribution is 2.15. The molecule has 1 saturated heterocycles. The van der Waals surface area contributed by atoms with Crippen molar-refractivity contribution in [3.05, 3.63) is 0 Å². The van der Waals surface area contributed by atoms with Gasteiger partial charge in [0.2, 0.25) is 0 Å². The molecule has 2 fully saturated rings. The lowest BCUT2D eigenvalue weighted by Gasteiger charge is -2.35. The molecule has 2 aliphatic rings. The maximum Gasteiger partial charge on any atom is 0.127 e. The van der Waals surface area contributed by atoms with Crippen LogP contribution in [0.5, 0.6) is 0 Å². The Morgan fingerprint density at radius 2 is 1.38 bits per heavy atom. The Balaban J connectivity index is 1.78. The van der Waals surface area contributed by atoms with E-state index < -0.39 is 0 Å². The summed E-state index contributed by atoms with van der Waals surface area (Å²) < 4.78 is 0. The van der Waals surface area contributed by atoms with Gasteiger partial charge in [0, 0.05) is 0 Å². The molecule has 0 atom stereocenters. The summed E-state index contributed by atoms with van der Waals surface area (Å²) in [5.41, 5.74) is 0. The Morgan fingerprint density at radius 3 is 1.88 bits per heavy atom. The van der Waals surface area contributed by atoms with Crippen molar-refractivity contribution in [3.8, 4) is 0 Å². The summed E-state index contributed by atoms with van der Waals surface area (Å²) >= 11 is 0. The molecule has 94 valence electrons. The average molecular weight is 226 g/mol. The van der Waals surface area contributed by atoms with Crippen LogP contribution in [-0.2, 0) is 0 Å². The Kier molecular flexibility index (Phi) is 4.66. The van der Waals surface area contributed by atoms with E-state index in [1.165, 1.54) is 64.7 Å². The van der Waals surface area contributed by atoms with Gasteiger partial charge in [-0.15, -0.1) is 0 Å². The first-order valence-electron chi connectivity index (χ1n) is 7.46. The van der Waals surface area contributed by atoms with E-state index in [-0.39, 0.29) is 0 Å². The molecule has 0 bridgehead atoms. The fourth-order valence-electron chi connectivity index (χ4n) is 3.57. The molecule has 16 heavy (non-hydrogen) atoms. The number of nitrogens with one attached hydrogen (secondary N) is 2. The zero-order valence-corrected chi connectivity index (χ0v) is 11.2. The summed E-state index contributed by atoms with van der Waals surface area (Å²) in [5, 5.41) is 0. The van der Waals surface area contributed by atoms with Gasteiger partial charge in [0.25, 0.3) is 0 Å². The first-order valence-corrected chi connectivity index (χ1v) is 7.46. The van der Waals surface area contributed by atoms with Crippen molar-refractivity contribution in [2.45, 2.75) is 64.5 Å². The largest absolute Gasteiger partial charge is 0.324 e. The molecule has 1 aliphatic carbocycles. The Morgan fingerprint density at radius 1 is 0.812 bits per heavy atom. The maximum absolute atomic E-state index is 2.37. The van der Waals surface area contributed by atoms with Crippen LogP contribution in [0.15, 0.2) is 0 Å². The maximum atomic E-state index is 2.37. The minimum Gasteiger partial charge on any atom is -0.324 e. The van der Waals surface area contributed by atoms with Gasteiger partial charge < -0.3 is 9.80 Å². The first-order chi connectivity index (χ1) is 7.77. The molecule has 0 unspecified atom stereocenters. The van der Waals surface area contributed by atoms with E-state index in [0.717, 1.165) is 12.1 Å². The predicted molar refractivity (Wildman–Crippen MR) is 68.0 cm³/mol. The molecule has 1 saturated carbocycles. The van der Waals surface area contributed by atoms with Crippen LogP contribution >= 0.6 is 0 Å². The van der Waals surface area contributed by atoms with Crippen molar-refractivity contribution in [1.29, 1.82) is 0 Å². The van der Waals surface area contributed by atoms with Gasteiger partial charge in [-0.3, -0.25) is 0 Å². The third kappa shape index (κ3) is 3.21. The standard InChI is InChI=1S/C14H28N2/c1-13(2)15-9-11-16(12-10-15)14-7-5-3-4-6-8-14/h13-14H,3-12H2,1-2H3/p+2. The van der Waals surface area contributed by atoms with E-state index in [2.05, 4.69) is 13.8 Å². The van der Waals surface area contributed by atoms with Crippen molar-refractivity contribution >= 4 is 0 Å². The highest BCUT2D eigenvalue weighted by atomic mass is 15.3. The summed E-state index contributed by atoms with van der Waals surface area (Å²) in [7, 11) is 0. The molecule has 2 rings (SSSR count). The van der Waals surface area contributed by atoms with Crippen LogP contribution in [0.4, 0.5) is 0 Å². The SMILES string of the molecule is CC(C)[NH+]1CC[NH+](C2CCCCCC2)CC1. The quantitative estimate of drug-likeness (QED) is 0.609. The second-order valence-electron chi connectivity index (χ2n) is 6.16. The minimum atomic E-state index is 0.829. The average Bonchev–Trinajstić information content (AvgIpc) is 2.57. The zero-order chi connectivity index (χ0) is 11.4. The lowest BCUT2D eigenvalue weighted by atomic mass is 10.1. The van der Waals surface area contributed by atoms with E-state index in [1.54, 1.807) is 0 Å². The van der Waals surface area contributed by atoms with E-state index in [9.17, 15) is 0 Å². The fourth-order valence-corrected chi connectivity index (χ4v) is 3.57. The molecule has 0 amide bonds. The third-order valence-electron chi connectivity index (χ3n) is 4.78. The van der Waals surface area contributed by atoms with Crippen LogP contribution in [-0.4, -0.2) is 38.3 Å². The number of rotatable bonds is 2. The van der Waals surface area contributed by atoms with Crippen LogP contribution in [0.2, 0.25) is 0 Å². The van der Waals surface area contributed by atoms with Crippen molar-refractivity contribution in [2.24, 2.45) is 0 Å². The van der Waals surface area contributed by atoms with Crippen LogP contribution < -0.4 is 9.80 Å². The summed E-state index contributed by atoms with van der Waals surface area (Å²) in [6.07, 6.45) is 8.99. The monoisotopic (exact) mass is 226 g/mol. The molecule has 0 radical (unpaired) electrons. The molecular weight excluding hydrogens is 196 g/mol. The number of hydrogen-bond donors (Lipinski definition) is 2. The van der Waals surface area contributed by atoms with Gasteiger partial charge in [-0.05, 0) is 39.5 Å². The van der Waals surface area contributed by atoms with Crippen LogP contribution in [0, 0.1) is 0 Å². The predicted octanol–water partition coefficient (Wildman–Crippen LogP) is -0.0990.